The van der Waals surface area contributed by atoms with Crippen molar-refractivity contribution < 1.29 is 4.74 Å². The third-order valence-corrected chi connectivity index (χ3v) is 3.52. The molecule has 3 heteroatoms. The third-order valence-electron chi connectivity index (χ3n) is 3.52. The van der Waals surface area contributed by atoms with E-state index in [2.05, 4.69) is 24.0 Å². The molecule has 1 saturated carbocycles. The maximum atomic E-state index is 6.28. The van der Waals surface area contributed by atoms with E-state index in [1.54, 1.807) is 0 Å². The molecule has 0 heterocycles. The van der Waals surface area contributed by atoms with Crippen molar-refractivity contribution in [3.63, 3.8) is 0 Å². The zero-order chi connectivity index (χ0) is 13.0. The Morgan fingerprint density at radius 3 is 2.44 bits per heavy atom. The lowest BCUT2D eigenvalue weighted by molar-refractivity contribution is 0.260. The molecule has 0 aliphatic heterocycles. The first-order chi connectivity index (χ1) is 8.74. The van der Waals surface area contributed by atoms with Gasteiger partial charge in [0.05, 0.1) is 6.61 Å². The first kappa shape index (κ1) is 13.4. The highest BCUT2D eigenvalue weighted by atomic mass is 16.5. The molecule has 1 fully saturated rings. The Morgan fingerprint density at radius 1 is 1.28 bits per heavy atom. The van der Waals surface area contributed by atoms with Crippen molar-refractivity contribution in [1.29, 1.82) is 0 Å². The molecule has 1 aromatic rings. The summed E-state index contributed by atoms with van der Waals surface area (Å²) in [5.41, 5.74) is 7.47. The molecule has 2 rings (SSSR count). The number of hydrogen-bond donors (Lipinski definition) is 1. The van der Waals surface area contributed by atoms with Gasteiger partial charge in [0.1, 0.15) is 5.75 Å². The van der Waals surface area contributed by atoms with Gasteiger partial charge < -0.3 is 10.5 Å². The van der Waals surface area contributed by atoms with Crippen molar-refractivity contribution in [3.05, 3.63) is 29.8 Å². The van der Waals surface area contributed by atoms with Crippen LogP contribution in [-0.4, -0.2) is 30.6 Å². The van der Waals surface area contributed by atoms with Gasteiger partial charge in [-0.15, -0.1) is 0 Å². The van der Waals surface area contributed by atoms with Crippen molar-refractivity contribution in [1.82, 2.24) is 4.90 Å². The fourth-order valence-electron chi connectivity index (χ4n) is 2.31. The van der Waals surface area contributed by atoms with Gasteiger partial charge in [0, 0.05) is 18.6 Å². The topological polar surface area (TPSA) is 38.5 Å². The maximum absolute atomic E-state index is 6.28. The molecule has 1 atom stereocenters. The number of likely N-dealkylation sites (N-methyl/N-ethyl adjacent to an activating group) is 1. The Kier molecular flexibility index (Phi) is 4.61. The highest BCUT2D eigenvalue weighted by molar-refractivity contribution is 5.29. The van der Waals surface area contributed by atoms with Crippen LogP contribution < -0.4 is 10.5 Å². The van der Waals surface area contributed by atoms with Crippen LogP contribution in [0.3, 0.4) is 0 Å². The van der Waals surface area contributed by atoms with Crippen LogP contribution in [0.15, 0.2) is 24.3 Å². The van der Waals surface area contributed by atoms with E-state index in [-0.39, 0.29) is 6.04 Å². The van der Waals surface area contributed by atoms with Crippen LogP contribution in [0.4, 0.5) is 0 Å². The van der Waals surface area contributed by atoms with E-state index in [1.807, 2.05) is 19.1 Å². The molecule has 0 saturated heterocycles. The molecule has 2 N–H and O–H groups in total. The number of rotatable bonds is 7. The van der Waals surface area contributed by atoms with E-state index in [1.165, 1.54) is 18.4 Å². The van der Waals surface area contributed by atoms with E-state index < -0.39 is 0 Å². The Morgan fingerprint density at radius 2 is 1.94 bits per heavy atom. The summed E-state index contributed by atoms with van der Waals surface area (Å²) >= 11 is 0. The summed E-state index contributed by atoms with van der Waals surface area (Å²) < 4.78 is 5.44. The fraction of sp³-hybridized carbons (Fsp3) is 0.600. The normalized spacial score (nSPS) is 16.9. The highest BCUT2D eigenvalue weighted by Gasteiger charge is 2.28. The average Bonchev–Trinajstić information content (AvgIpc) is 3.21. The minimum atomic E-state index is 0.0984. The van der Waals surface area contributed by atoms with E-state index in [4.69, 9.17) is 10.5 Å². The standard InChI is InChI=1S/C15H24N2O/c1-3-17(13-7-8-13)11-15(16)12-5-9-14(10-6-12)18-4-2/h5-6,9-10,13,15H,3-4,7-8,11,16H2,1-2H3. The number of benzene rings is 1. The molecule has 0 spiro atoms. The predicted molar refractivity (Wildman–Crippen MR) is 74.8 cm³/mol. The van der Waals surface area contributed by atoms with Crippen LogP contribution in [0.2, 0.25) is 0 Å². The van der Waals surface area contributed by atoms with E-state index in [9.17, 15) is 0 Å². The summed E-state index contributed by atoms with van der Waals surface area (Å²) in [4.78, 5) is 2.49. The lowest BCUT2D eigenvalue weighted by Gasteiger charge is -2.24. The molecule has 1 aromatic carbocycles. The van der Waals surface area contributed by atoms with Crippen molar-refractivity contribution in [2.24, 2.45) is 5.73 Å². The first-order valence-electron chi connectivity index (χ1n) is 6.97. The second-order valence-corrected chi connectivity index (χ2v) is 4.93. The van der Waals surface area contributed by atoms with Crippen LogP contribution in [0.25, 0.3) is 0 Å². The van der Waals surface area contributed by atoms with E-state index >= 15 is 0 Å². The Labute approximate surface area is 110 Å². The molecule has 0 aromatic heterocycles. The van der Waals surface area contributed by atoms with Gasteiger partial charge >= 0.3 is 0 Å². The summed E-state index contributed by atoms with van der Waals surface area (Å²) in [5, 5.41) is 0. The van der Waals surface area contributed by atoms with Gasteiger partial charge in [0.15, 0.2) is 0 Å². The zero-order valence-corrected chi connectivity index (χ0v) is 11.4. The van der Waals surface area contributed by atoms with Gasteiger partial charge in [-0.1, -0.05) is 19.1 Å². The van der Waals surface area contributed by atoms with E-state index in [0.717, 1.165) is 24.9 Å². The molecule has 0 bridgehead atoms. The van der Waals surface area contributed by atoms with Crippen molar-refractivity contribution in [2.75, 3.05) is 19.7 Å². The second kappa shape index (κ2) is 6.21. The molecule has 18 heavy (non-hydrogen) atoms. The minimum Gasteiger partial charge on any atom is -0.494 e. The first-order valence-corrected chi connectivity index (χ1v) is 6.97. The number of hydrogen-bond acceptors (Lipinski definition) is 3. The highest BCUT2D eigenvalue weighted by Crippen LogP contribution is 2.28. The van der Waals surface area contributed by atoms with Crippen LogP contribution >= 0.6 is 0 Å². The van der Waals surface area contributed by atoms with E-state index in [0.29, 0.717) is 6.61 Å². The van der Waals surface area contributed by atoms with Crippen molar-refractivity contribution in [2.45, 2.75) is 38.8 Å². The number of ether oxygens (including phenoxy) is 1. The number of nitrogens with two attached hydrogens (primary N) is 1. The third kappa shape index (κ3) is 3.47. The van der Waals surface area contributed by atoms with Crippen LogP contribution in [0, 0.1) is 0 Å². The molecule has 1 unspecified atom stereocenters. The predicted octanol–water partition coefficient (Wildman–Crippen LogP) is 2.57. The molecule has 0 radical (unpaired) electrons. The summed E-state index contributed by atoms with van der Waals surface area (Å²) in [7, 11) is 0. The monoisotopic (exact) mass is 248 g/mol. The Bertz CT molecular complexity index is 359. The minimum absolute atomic E-state index is 0.0984. The smallest absolute Gasteiger partial charge is 0.119 e. The largest absolute Gasteiger partial charge is 0.494 e. The summed E-state index contributed by atoms with van der Waals surface area (Å²) in [5.74, 6) is 0.919. The fourth-order valence-corrected chi connectivity index (χ4v) is 2.31. The Balaban J connectivity index is 1.92. The number of nitrogens with zero attached hydrogens (tertiary/aromatic N) is 1. The van der Waals surface area contributed by atoms with Gasteiger partial charge in [-0.2, -0.15) is 0 Å². The zero-order valence-electron chi connectivity index (χ0n) is 11.4. The van der Waals surface area contributed by atoms with Gasteiger partial charge in [0.2, 0.25) is 0 Å². The second-order valence-electron chi connectivity index (χ2n) is 4.93. The van der Waals surface area contributed by atoms with Gasteiger partial charge in [-0.25, -0.2) is 0 Å². The SMILES string of the molecule is CCOc1ccc(C(N)CN(CC)C2CC2)cc1. The summed E-state index contributed by atoms with van der Waals surface area (Å²) in [6, 6.07) is 9.05. The summed E-state index contributed by atoms with van der Waals surface area (Å²) in [6.45, 7) is 6.96. The average molecular weight is 248 g/mol. The maximum Gasteiger partial charge on any atom is 0.119 e. The van der Waals surface area contributed by atoms with Gasteiger partial charge in [-0.05, 0) is 44.0 Å². The molecule has 100 valence electrons. The molecule has 3 nitrogen and oxygen atoms in total. The molecule has 1 aliphatic carbocycles. The molecule has 1 aliphatic rings. The lowest BCUT2D eigenvalue weighted by Crippen LogP contribution is -2.33. The molecular formula is C15H24N2O. The Hall–Kier alpha value is -1.06. The summed E-state index contributed by atoms with van der Waals surface area (Å²) in [6.07, 6.45) is 2.67. The van der Waals surface area contributed by atoms with Gasteiger partial charge in [-0.3, -0.25) is 4.90 Å². The van der Waals surface area contributed by atoms with Crippen molar-refractivity contribution in [3.8, 4) is 5.75 Å². The van der Waals surface area contributed by atoms with Crippen LogP contribution in [0.5, 0.6) is 5.75 Å². The van der Waals surface area contributed by atoms with Crippen LogP contribution in [0.1, 0.15) is 38.3 Å². The van der Waals surface area contributed by atoms with Crippen LogP contribution in [-0.2, 0) is 0 Å². The van der Waals surface area contributed by atoms with Crippen molar-refractivity contribution >= 4 is 0 Å². The van der Waals surface area contributed by atoms with Gasteiger partial charge in [0.25, 0.3) is 0 Å². The molecular weight excluding hydrogens is 224 g/mol. The molecule has 0 amide bonds. The quantitative estimate of drug-likeness (QED) is 0.806. The lowest BCUT2D eigenvalue weighted by atomic mass is 10.1.